The molecule has 10 heteroatoms. The number of unbranched alkanes of at least 4 members (excludes halogenated alkanes) is 1. The summed E-state index contributed by atoms with van der Waals surface area (Å²) in [5, 5.41) is 29.3. The van der Waals surface area contributed by atoms with Gasteiger partial charge in [0.25, 0.3) is 0 Å². The third-order valence-corrected chi connectivity index (χ3v) is 6.04. The molecule has 5 N–H and O–H groups in total. The number of nitrogens with zero attached hydrogens (tertiary/aromatic N) is 3. The van der Waals surface area contributed by atoms with E-state index in [9.17, 15) is 4.79 Å². The fourth-order valence-corrected chi connectivity index (χ4v) is 3.91. The molecule has 3 atom stereocenters. The van der Waals surface area contributed by atoms with Gasteiger partial charge in [0.05, 0.1) is 30.0 Å². The van der Waals surface area contributed by atoms with Gasteiger partial charge in [-0.05, 0) is 25.3 Å². The predicted octanol–water partition coefficient (Wildman–Crippen LogP) is 2.13. The quantitative estimate of drug-likeness (QED) is 0.180. The number of anilines is 2. The number of hydrogen-bond acceptors (Lipinski definition) is 9. The minimum Gasteiger partial charge on any atom is -0.380 e. The number of rotatable bonds is 11. The summed E-state index contributed by atoms with van der Waals surface area (Å²) in [4.78, 5) is 21.6. The zero-order chi connectivity index (χ0) is 25.8. The highest BCUT2D eigenvalue weighted by Gasteiger charge is 2.43. The van der Waals surface area contributed by atoms with Crippen molar-refractivity contribution < 1.29 is 9.53 Å². The van der Waals surface area contributed by atoms with Crippen molar-refractivity contribution in [2.75, 3.05) is 37.4 Å². The highest BCUT2D eigenvalue weighted by molar-refractivity contribution is 6.02. The van der Waals surface area contributed by atoms with Gasteiger partial charge >= 0.3 is 0 Å². The summed E-state index contributed by atoms with van der Waals surface area (Å²) in [6.07, 6.45) is 11.8. The Morgan fingerprint density at radius 2 is 2.31 bits per heavy atom. The van der Waals surface area contributed by atoms with Crippen LogP contribution in [0.3, 0.4) is 0 Å². The van der Waals surface area contributed by atoms with E-state index in [1.807, 2.05) is 12.2 Å². The van der Waals surface area contributed by atoms with Crippen molar-refractivity contribution in [2.24, 2.45) is 0 Å². The van der Waals surface area contributed by atoms with Gasteiger partial charge in [0.15, 0.2) is 0 Å². The zero-order valence-corrected chi connectivity index (χ0v) is 20.9. The molecule has 1 aromatic heterocycles. The van der Waals surface area contributed by atoms with Crippen LogP contribution in [-0.4, -0.2) is 66.5 Å². The molecule has 2 aliphatic rings. The fourth-order valence-electron chi connectivity index (χ4n) is 3.91. The minimum absolute atomic E-state index is 0.0277. The molecule has 190 valence electrons. The number of allylic oxidation sites excluding steroid dienone is 2. The molecule has 2 heterocycles. The van der Waals surface area contributed by atoms with Crippen LogP contribution < -0.4 is 21.3 Å². The Morgan fingerprint density at radius 1 is 1.44 bits per heavy atom. The van der Waals surface area contributed by atoms with Gasteiger partial charge in [-0.1, -0.05) is 30.9 Å². The van der Waals surface area contributed by atoms with E-state index < -0.39 is 5.54 Å². The van der Waals surface area contributed by atoms with Crippen molar-refractivity contribution in [3.8, 4) is 17.9 Å². The third-order valence-electron chi connectivity index (χ3n) is 6.04. The van der Waals surface area contributed by atoms with Gasteiger partial charge in [-0.25, -0.2) is 4.98 Å². The number of methoxy groups -OCH3 is 1. The average Bonchev–Trinajstić information content (AvgIpc) is 3.35. The van der Waals surface area contributed by atoms with Crippen molar-refractivity contribution in [2.45, 2.75) is 56.7 Å². The molecule has 2 unspecified atom stereocenters. The normalized spacial score (nSPS) is 22.5. The Hall–Kier alpha value is -3.73. The third kappa shape index (κ3) is 7.14. The number of nitrogens with one attached hydrogen (secondary N) is 5. The Kier molecular flexibility index (Phi) is 9.99. The molecule has 1 aliphatic carbocycles. The van der Waals surface area contributed by atoms with Gasteiger partial charge in [-0.15, -0.1) is 0 Å². The Labute approximate surface area is 212 Å². The number of hydrogen-bond donors (Lipinski definition) is 5. The SMILES string of the molecule is CCCNc1nc(NC2C=CC(C#N)=CC2)ncc1C#CCCCNC(=O)C1(C=N)C[C@@H](OC)CN1. The maximum absolute atomic E-state index is 12.6. The molecule has 3 rings (SSSR count). The largest absolute Gasteiger partial charge is 0.380 e. The van der Waals surface area contributed by atoms with E-state index in [-0.39, 0.29) is 18.1 Å². The molecule has 1 aliphatic heterocycles. The lowest BCUT2D eigenvalue weighted by molar-refractivity contribution is -0.124. The number of aromatic nitrogens is 2. The molecule has 0 aromatic carbocycles. The molecular weight excluding hydrogens is 456 g/mol. The number of nitriles is 1. The minimum atomic E-state index is -0.999. The monoisotopic (exact) mass is 490 g/mol. The summed E-state index contributed by atoms with van der Waals surface area (Å²) >= 11 is 0. The first-order valence-corrected chi connectivity index (χ1v) is 12.3. The first kappa shape index (κ1) is 26.9. The van der Waals surface area contributed by atoms with Gasteiger partial charge in [0.2, 0.25) is 11.9 Å². The second kappa shape index (κ2) is 13.4. The number of ether oxygens (including phenoxy) is 1. The summed E-state index contributed by atoms with van der Waals surface area (Å²) in [7, 11) is 1.61. The average molecular weight is 491 g/mol. The van der Waals surface area contributed by atoms with Gasteiger partial charge in [-0.3, -0.25) is 10.1 Å². The number of carbonyl (C=O) groups is 1. The van der Waals surface area contributed by atoms with E-state index in [1.54, 1.807) is 19.4 Å². The molecule has 10 nitrogen and oxygen atoms in total. The molecule has 0 bridgehead atoms. The molecule has 1 saturated heterocycles. The van der Waals surface area contributed by atoms with Crippen molar-refractivity contribution in [3.63, 3.8) is 0 Å². The molecule has 1 aromatic rings. The Morgan fingerprint density at radius 3 is 2.97 bits per heavy atom. The molecule has 0 spiro atoms. The Bertz CT molecular complexity index is 1100. The van der Waals surface area contributed by atoms with E-state index >= 15 is 0 Å². The molecule has 1 fully saturated rings. The van der Waals surface area contributed by atoms with Crippen molar-refractivity contribution >= 4 is 23.9 Å². The maximum atomic E-state index is 12.6. The van der Waals surface area contributed by atoms with E-state index in [0.29, 0.717) is 61.7 Å². The van der Waals surface area contributed by atoms with Gasteiger partial charge in [0.1, 0.15) is 11.4 Å². The highest BCUT2D eigenvalue weighted by Crippen LogP contribution is 2.20. The lowest BCUT2D eigenvalue weighted by Gasteiger charge is -2.23. The first-order chi connectivity index (χ1) is 17.5. The second-order valence-electron chi connectivity index (χ2n) is 8.72. The van der Waals surface area contributed by atoms with E-state index in [1.165, 1.54) is 0 Å². The van der Waals surface area contributed by atoms with Crippen molar-refractivity contribution in [1.29, 1.82) is 10.7 Å². The smallest absolute Gasteiger partial charge is 0.245 e. The van der Waals surface area contributed by atoms with E-state index in [2.05, 4.69) is 56.1 Å². The van der Waals surface area contributed by atoms with Crippen LogP contribution in [-0.2, 0) is 9.53 Å². The van der Waals surface area contributed by atoms with Crippen LogP contribution in [0.4, 0.5) is 11.8 Å². The van der Waals surface area contributed by atoms with Crippen LogP contribution in [0.15, 0.2) is 30.0 Å². The summed E-state index contributed by atoms with van der Waals surface area (Å²) in [6, 6.07) is 2.17. The van der Waals surface area contributed by atoms with Crippen LogP contribution in [0.5, 0.6) is 0 Å². The summed E-state index contributed by atoms with van der Waals surface area (Å²) < 4.78 is 5.31. The van der Waals surface area contributed by atoms with Gasteiger partial charge in [0, 0.05) is 51.4 Å². The fraction of sp³-hybridized carbons (Fsp3) is 0.500. The van der Waals surface area contributed by atoms with Crippen LogP contribution >= 0.6 is 0 Å². The standard InChI is InChI=1S/C26H34N8O2/c1-3-12-29-23-20(16-31-25(34-23)33-21-10-8-19(15-27)9-11-21)7-5-4-6-13-30-24(35)26(18-28)14-22(36-2)17-32-26/h8-10,16,18,21-22,28,32H,3-4,6,11-14,17H2,1-2H3,(H,30,35)(H2,29,31,33,34)/t21?,22-,26?/m1/s1. The van der Waals surface area contributed by atoms with Crippen LogP contribution in [0.1, 0.15) is 44.6 Å². The second-order valence-corrected chi connectivity index (χ2v) is 8.72. The van der Waals surface area contributed by atoms with Crippen molar-refractivity contribution in [3.05, 3.63) is 35.6 Å². The van der Waals surface area contributed by atoms with Gasteiger partial charge < -0.3 is 26.1 Å². The maximum Gasteiger partial charge on any atom is 0.245 e. The van der Waals surface area contributed by atoms with Crippen molar-refractivity contribution in [1.82, 2.24) is 20.6 Å². The highest BCUT2D eigenvalue weighted by atomic mass is 16.5. The summed E-state index contributed by atoms with van der Waals surface area (Å²) in [5.41, 5.74) is 0.377. The lowest BCUT2D eigenvalue weighted by Crippen LogP contribution is -2.54. The van der Waals surface area contributed by atoms with E-state index in [4.69, 9.17) is 15.4 Å². The van der Waals surface area contributed by atoms with Crippen LogP contribution in [0.2, 0.25) is 0 Å². The molecule has 0 saturated carbocycles. The van der Waals surface area contributed by atoms with Gasteiger partial charge in [-0.2, -0.15) is 10.2 Å². The van der Waals surface area contributed by atoms with E-state index in [0.717, 1.165) is 19.2 Å². The number of carbonyl (C=O) groups excluding carboxylic acids is 1. The molecule has 1 amide bonds. The Balaban J connectivity index is 1.52. The topological polar surface area (TPSA) is 148 Å². The molecular formula is C26H34N8O2. The molecule has 36 heavy (non-hydrogen) atoms. The molecule has 0 radical (unpaired) electrons. The number of amides is 1. The first-order valence-electron chi connectivity index (χ1n) is 12.3. The predicted molar refractivity (Wildman–Crippen MR) is 140 cm³/mol. The zero-order valence-electron chi connectivity index (χ0n) is 20.9. The summed E-state index contributed by atoms with van der Waals surface area (Å²) in [5.74, 6) is 7.25. The van der Waals surface area contributed by atoms with Crippen LogP contribution in [0.25, 0.3) is 0 Å². The lowest BCUT2D eigenvalue weighted by atomic mass is 9.97. The summed E-state index contributed by atoms with van der Waals surface area (Å²) in [6.45, 7) is 3.87. The van der Waals surface area contributed by atoms with Crippen LogP contribution in [0, 0.1) is 28.6 Å².